The summed E-state index contributed by atoms with van der Waals surface area (Å²) in [6, 6.07) is 3.20. The molecule has 6 heteroatoms. The topological polar surface area (TPSA) is 69.2 Å². The predicted molar refractivity (Wildman–Crippen MR) is 97.8 cm³/mol. The van der Waals surface area contributed by atoms with Crippen molar-refractivity contribution in [3.05, 3.63) is 29.3 Å². The van der Waals surface area contributed by atoms with E-state index in [1.165, 1.54) is 26.9 Å². The first-order valence-corrected chi connectivity index (χ1v) is 8.13. The molecule has 0 bridgehead atoms. The Morgan fingerprint density at radius 3 is 2.16 bits per heavy atom. The standard InChI is InChI=1S/C19H26N2O4/c1-12-7-14(11-19(2,3)10-12)20-21-18(22)13-8-15(23-4)17(25-6)16(9-13)24-5/h7-9H,10-11H2,1-6H3,(H,21,22)/b20-14-. The molecule has 0 saturated heterocycles. The van der Waals surface area contributed by atoms with Gasteiger partial charge in [0.05, 0.1) is 27.0 Å². The zero-order chi connectivity index (χ0) is 18.6. The molecule has 0 atom stereocenters. The Bertz CT molecular complexity index is 695. The largest absolute Gasteiger partial charge is 0.493 e. The summed E-state index contributed by atoms with van der Waals surface area (Å²) in [5, 5.41) is 4.29. The highest BCUT2D eigenvalue weighted by Gasteiger charge is 2.25. The van der Waals surface area contributed by atoms with E-state index >= 15 is 0 Å². The zero-order valence-corrected chi connectivity index (χ0v) is 15.7. The summed E-state index contributed by atoms with van der Waals surface area (Å²) in [4.78, 5) is 12.5. The Balaban J connectivity index is 2.24. The molecule has 1 aromatic carbocycles. The number of hydrogen-bond acceptors (Lipinski definition) is 5. The van der Waals surface area contributed by atoms with E-state index in [-0.39, 0.29) is 11.3 Å². The lowest BCUT2D eigenvalue weighted by Gasteiger charge is -2.29. The average molecular weight is 346 g/mol. The number of ether oxygens (including phenoxy) is 3. The van der Waals surface area contributed by atoms with Crippen LogP contribution in [0.15, 0.2) is 28.9 Å². The van der Waals surface area contributed by atoms with E-state index in [1.54, 1.807) is 12.1 Å². The van der Waals surface area contributed by atoms with E-state index in [9.17, 15) is 4.79 Å². The van der Waals surface area contributed by atoms with Crippen LogP contribution in [-0.2, 0) is 0 Å². The summed E-state index contributed by atoms with van der Waals surface area (Å²) in [5.41, 5.74) is 5.28. The number of carbonyl (C=O) groups is 1. The SMILES string of the molecule is COc1cc(C(=O)N/N=C2/C=C(C)CC(C)(C)C2)cc(OC)c1OC. The van der Waals surface area contributed by atoms with Crippen LogP contribution in [0.1, 0.15) is 44.0 Å². The van der Waals surface area contributed by atoms with E-state index in [2.05, 4.69) is 31.3 Å². The Hall–Kier alpha value is -2.50. The fourth-order valence-corrected chi connectivity index (χ4v) is 3.17. The van der Waals surface area contributed by atoms with Gasteiger partial charge in [0.15, 0.2) is 11.5 Å². The highest BCUT2D eigenvalue weighted by atomic mass is 16.5. The maximum Gasteiger partial charge on any atom is 0.271 e. The molecule has 1 N–H and O–H groups in total. The molecule has 1 aliphatic carbocycles. The lowest BCUT2D eigenvalue weighted by molar-refractivity contribution is 0.0953. The molecule has 1 amide bonds. The number of hydrazone groups is 1. The number of benzene rings is 1. The Morgan fingerprint density at radius 2 is 1.68 bits per heavy atom. The second-order valence-corrected chi connectivity index (χ2v) is 6.97. The van der Waals surface area contributed by atoms with Gasteiger partial charge >= 0.3 is 0 Å². The van der Waals surface area contributed by atoms with Crippen LogP contribution in [-0.4, -0.2) is 32.9 Å². The minimum Gasteiger partial charge on any atom is -0.493 e. The summed E-state index contributed by atoms with van der Waals surface area (Å²) in [7, 11) is 4.54. The van der Waals surface area contributed by atoms with Crippen molar-refractivity contribution in [2.24, 2.45) is 10.5 Å². The summed E-state index contributed by atoms with van der Waals surface area (Å²) < 4.78 is 15.8. The summed E-state index contributed by atoms with van der Waals surface area (Å²) in [6.45, 7) is 6.47. The average Bonchev–Trinajstić information content (AvgIpc) is 2.56. The second kappa shape index (κ2) is 7.59. The van der Waals surface area contributed by atoms with Crippen molar-refractivity contribution < 1.29 is 19.0 Å². The fraction of sp³-hybridized carbons (Fsp3) is 0.474. The Morgan fingerprint density at radius 1 is 1.08 bits per heavy atom. The van der Waals surface area contributed by atoms with Crippen molar-refractivity contribution in [3.63, 3.8) is 0 Å². The first kappa shape index (κ1) is 18.8. The summed E-state index contributed by atoms with van der Waals surface area (Å²) in [5.74, 6) is 0.963. The fourth-order valence-electron chi connectivity index (χ4n) is 3.17. The van der Waals surface area contributed by atoms with E-state index in [0.717, 1.165) is 18.6 Å². The number of amides is 1. The molecular weight excluding hydrogens is 320 g/mol. The molecule has 0 aliphatic heterocycles. The van der Waals surface area contributed by atoms with Crippen LogP contribution in [0.4, 0.5) is 0 Å². The molecule has 6 nitrogen and oxygen atoms in total. The minimum atomic E-state index is -0.332. The van der Waals surface area contributed by atoms with Crippen molar-refractivity contribution in [1.82, 2.24) is 5.43 Å². The van der Waals surface area contributed by atoms with Crippen LogP contribution in [0.3, 0.4) is 0 Å². The van der Waals surface area contributed by atoms with Crippen molar-refractivity contribution in [3.8, 4) is 17.2 Å². The number of allylic oxidation sites excluding steroid dienone is 2. The third-order valence-electron chi connectivity index (χ3n) is 4.06. The number of rotatable bonds is 5. The molecule has 0 heterocycles. The van der Waals surface area contributed by atoms with Gasteiger partial charge in [-0.15, -0.1) is 0 Å². The molecule has 0 aromatic heterocycles. The lowest BCUT2D eigenvalue weighted by Crippen LogP contribution is -2.25. The van der Waals surface area contributed by atoms with Gasteiger partial charge in [0.25, 0.3) is 5.91 Å². The van der Waals surface area contributed by atoms with Crippen molar-refractivity contribution in [2.75, 3.05) is 21.3 Å². The summed E-state index contributed by atoms with van der Waals surface area (Å²) >= 11 is 0. The quantitative estimate of drug-likeness (QED) is 0.828. The van der Waals surface area contributed by atoms with Gasteiger partial charge in [-0.1, -0.05) is 19.4 Å². The molecule has 1 aromatic rings. The van der Waals surface area contributed by atoms with Gasteiger partial charge in [0, 0.05) is 5.56 Å². The lowest BCUT2D eigenvalue weighted by atomic mass is 9.77. The predicted octanol–water partition coefficient (Wildman–Crippen LogP) is 3.56. The van der Waals surface area contributed by atoms with E-state index in [4.69, 9.17) is 14.2 Å². The molecule has 25 heavy (non-hydrogen) atoms. The first-order valence-electron chi connectivity index (χ1n) is 8.13. The third-order valence-corrected chi connectivity index (χ3v) is 4.06. The molecule has 0 fully saturated rings. The van der Waals surface area contributed by atoms with Gasteiger partial charge in [-0.05, 0) is 43.4 Å². The third kappa shape index (κ3) is 4.53. The summed E-state index contributed by atoms with van der Waals surface area (Å²) in [6.07, 6.45) is 3.88. The normalized spacial score (nSPS) is 17.7. The highest BCUT2D eigenvalue weighted by Crippen LogP contribution is 2.38. The number of carbonyl (C=O) groups excluding carboxylic acids is 1. The molecule has 2 rings (SSSR count). The molecule has 0 unspecified atom stereocenters. The molecule has 136 valence electrons. The molecule has 0 saturated carbocycles. The second-order valence-electron chi connectivity index (χ2n) is 6.97. The maximum absolute atomic E-state index is 12.5. The molecule has 0 spiro atoms. The van der Waals surface area contributed by atoms with Gasteiger partial charge in [-0.25, -0.2) is 5.43 Å². The van der Waals surface area contributed by atoms with Gasteiger partial charge in [0.1, 0.15) is 0 Å². The van der Waals surface area contributed by atoms with Gasteiger partial charge in [-0.3, -0.25) is 4.79 Å². The number of methoxy groups -OCH3 is 3. The van der Waals surface area contributed by atoms with Crippen LogP contribution in [0.2, 0.25) is 0 Å². The Labute approximate surface area is 148 Å². The molecule has 0 radical (unpaired) electrons. The van der Waals surface area contributed by atoms with Crippen LogP contribution < -0.4 is 19.6 Å². The van der Waals surface area contributed by atoms with Crippen LogP contribution in [0.25, 0.3) is 0 Å². The number of nitrogens with zero attached hydrogens (tertiary/aromatic N) is 1. The molecule has 1 aliphatic rings. The molecular formula is C19H26N2O4. The van der Waals surface area contributed by atoms with E-state index in [0.29, 0.717) is 22.8 Å². The smallest absolute Gasteiger partial charge is 0.271 e. The van der Waals surface area contributed by atoms with Gasteiger partial charge in [-0.2, -0.15) is 5.10 Å². The van der Waals surface area contributed by atoms with Crippen LogP contribution in [0.5, 0.6) is 17.2 Å². The van der Waals surface area contributed by atoms with E-state index < -0.39 is 0 Å². The number of hydrogen-bond donors (Lipinski definition) is 1. The van der Waals surface area contributed by atoms with Gasteiger partial charge in [0.2, 0.25) is 5.75 Å². The highest BCUT2D eigenvalue weighted by molar-refractivity contribution is 6.00. The van der Waals surface area contributed by atoms with E-state index in [1.807, 2.05) is 6.08 Å². The van der Waals surface area contributed by atoms with Crippen molar-refractivity contribution in [1.29, 1.82) is 0 Å². The van der Waals surface area contributed by atoms with Gasteiger partial charge < -0.3 is 14.2 Å². The van der Waals surface area contributed by atoms with Crippen molar-refractivity contribution >= 4 is 11.6 Å². The maximum atomic E-state index is 12.5. The monoisotopic (exact) mass is 346 g/mol. The van der Waals surface area contributed by atoms with Crippen LogP contribution in [0, 0.1) is 5.41 Å². The van der Waals surface area contributed by atoms with Crippen LogP contribution >= 0.6 is 0 Å². The minimum absolute atomic E-state index is 0.148. The first-order chi connectivity index (χ1) is 11.8. The Kier molecular flexibility index (Phi) is 5.72. The zero-order valence-electron chi connectivity index (χ0n) is 15.7. The van der Waals surface area contributed by atoms with Crippen molar-refractivity contribution in [2.45, 2.75) is 33.6 Å². The number of nitrogens with one attached hydrogen (secondary N) is 1.